The molecule has 1 N–H and O–H groups in total. The summed E-state index contributed by atoms with van der Waals surface area (Å²) in [4.78, 5) is 40.0. The third-order valence-corrected chi connectivity index (χ3v) is 4.92. The van der Waals surface area contributed by atoms with Crippen LogP contribution in [0.4, 0.5) is 5.69 Å². The second-order valence-corrected chi connectivity index (χ2v) is 6.63. The first-order valence-electron chi connectivity index (χ1n) is 9.01. The number of rotatable bonds is 6. The van der Waals surface area contributed by atoms with Gasteiger partial charge in [-0.25, -0.2) is 4.90 Å². The Morgan fingerprint density at radius 1 is 1.00 bits per heavy atom. The van der Waals surface area contributed by atoms with E-state index in [0.29, 0.717) is 18.5 Å². The van der Waals surface area contributed by atoms with Crippen molar-refractivity contribution in [1.82, 2.24) is 5.32 Å². The van der Waals surface area contributed by atoms with Gasteiger partial charge in [0.2, 0.25) is 0 Å². The molecule has 0 radical (unpaired) electrons. The fourth-order valence-corrected chi connectivity index (χ4v) is 3.53. The number of hydrogen-bond donors (Lipinski definition) is 1. The number of imide groups is 1. The van der Waals surface area contributed by atoms with E-state index in [1.165, 1.54) is 4.90 Å². The van der Waals surface area contributed by atoms with E-state index in [4.69, 9.17) is 11.6 Å². The van der Waals surface area contributed by atoms with E-state index in [2.05, 4.69) is 5.32 Å². The molecule has 1 aliphatic heterocycles. The van der Waals surface area contributed by atoms with Crippen LogP contribution in [0.1, 0.15) is 56.0 Å². The highest BCUT2D eigenvalue weighted by molar-refractivity contribution is 6.36. The van der Waals surface area contributed by atoms with Gasteiger partial charge in [-0.05, 0) is 36.1 Å². The van der Waals surface area contributed by atoms with E-state index >= 15 is 0 Å². The molecule has 2 aromatic carbocycles. The summed E-state index contributed by atoms with van der Waals surface area (Å²) >= 11 is 5.63. The van der Waals surface area contributed by atoms with Crippen LogP contribution in [0, 0.1) is 0 Å². The largest absolute Gasteiger partial charge is 0.351 e. The van der Waals surface area contributed by atoms with Crippen LogP contribution in [0.3, 0.4) is 0 Å². The Kier molecular flexibility index (Phi) is 5.61. The van der Waals surface area contributed by atoms with Crippen molar-refractivity contribution in [2.24, 2.45) is 0 Å². The molecule has 1 aliphatic rings. The SMILES string of the molecule is CCc1cccc(CC)c1N1C(=O)c2cccc(C(=O)NCCCl)c2C1=O. The normalized spacial score (nSPS) is 13.1. The van der Waals surface area contributed by atoms with Gasteiger partial charge in [-0.3, -0.25) is 14.4 Å². The van der Waals surface area contributed by atoms with Gasteiger partial charge in [0, 0.05) is 12.4 Å². The smallest absolute Gasteiger partial charge is 0.266 e. The van der Waals surface area contributed by atoms with Crippen molar-refractivity contribution in [3.63, 3.8) is 0 Å². The third-order valence-electron chi connectivity index (χ3n) is 4.73. The number of halogens is 1. The van der Waals surface area contributed by atoms with E-state index in [1.54, 1.807) is 18.2 Å². The molecule has 0 saturated carbocycles. The van der Waals surface area contributed by atoms with Crippen LogP contribution in [-0.4, -0.2) is 30.1 Å². The maximum Gasteiger partial charge on any atom is 0.266 e. The lowest BCUT2D eigenvalue weighted by atomic mass is 10.0. The first-order valence-corrected chi connectivity index (χ1v) is 9.55. The second-order valence-electron chi connectivity index (χ2n) is 6.25. The van der Waals surface area contributed by atoms with Gasteiger partial charge in [-0.15, -0.1) is 11.6 Å². The van der Waals surface area contributed by atoms with Gasteiger partial charge < -0.3 is 5.32 Å². The molecule has 0 unspecified atom stereocenters. The van der Waals surface area contributed by atoms with Crippen molar-refractivity contribution in [2.75, 3.05) is 17.3 Å². The zero-order chi connectivity index (χ0) is 19.6. The number of carbonyl (C=O) groups is 3. The van der Waals surface area contributed by atoms with Crippen molar-refractivity contribution in [2.45, 2.75) is 26.7 Å². The molecule has 2 aromatic rings. The number of nitrogens with one attached hydrogen (secondary N) is 1. The van der Waals surface area contributed by atoms with Crippen molar-refractivity contribution in [1.29, 1.82) is 0 Å². The summed E-state index contributed by atoms with van der Waals surface area (Å²) in [6.45, 7) is 4.26. The lowest BCUT2D eigenvalue weighted by Crippen LogP contribution is -2.32. The van der Waals surface area contributed by atoms with E-state index < -0.39 is 17.7 Å². The number of carbonyl (C=O) groups excluding carboxylic acids is 3. The Morgan fingerprint density at radius 3 is 2.22 bits per heavy atom. The summed E-state index contributed by atoms with van der Waals surface area (Å²) in [5.41, 5.74) is 3.11. The topological polar surface area (TPSA) is 66.5 Å². The Bertz CT molecular complexity index is 901. The molecule has 140 valence electrons. The van der Waals surface area contributed by atoms with Crippen LogP contribution in [0.2, 0.25) is 0 Å². The van der Waals surface area contributed by atoms with Crippen LogP contribution < -0.4 is 10.2 Å². The molecule has 5 nitrogen and oxygen atoms in total. The number of alkyl halides is 1. The zero-order valence-corrected chi connectivity index (χ0v) is 16.1. The molecule has 3 rings (SSSR count). The van der Waals surface area contributed by atoms with Crippen molar-refractivity contribution in [3.05, 3.63) is 64.2 Å². The number of anilines is 1. The van der Waals surface area contributed by atoms with Gasteiger partial charge in [-0.2, -0.15) is 0 Å². The highest BCUT2D eigenvalue weighted by atomic mass is 35.5. The monoisotopic (exact) mass is 384 g/mol. The Labute approximate surface area is 163 Å². The van der Waals surface area contributed by atoms with E-state index in [9.17, 15) is 14.4 Å². The first-order chi connectivity index (χ1) is 13.0. The molecule has 1 heterocycles. The standard InChI is InChI=1S/C21H21ClN2O3/c1-3-13-7-5-8-14(4-2)18(13)24-20(26)16-10-6-9-15(17(16)21(24)27)19(25)23-12-11-22/h5-10H,3-4,11-12H2,1-2H3,(H,23,25). The summed E-state index contributed by atoms with van der Waals surface area (Å²) in [6, 6.07) is 10.6. The molecule has 6 heteroatoms. The average molecular weight is 385 g/mol. The molecule has 0 aromatic heterocycles. The van der Waals surface area contributed by atoms with E-state index in [1.807, 2.05) is 32.0 Å². The number of nitrogens with zero attached hydrogens (tertiary/aromatic N) is 1. The Morgan fingerprint density at radius 2 is 1.63 bits per heavy atom. The zero-order valence-electron chi connectivity index (χ0n) is 15.3. The lowest BCUT2D eigenvalue weighted by molar-refractivity contribution is 0.0911. The van der Waals surface area contributed by atoms with Gasteiger partial charge in [0.15, 0.2) is 0 Å². The average Bonchev–Trinajstić information content (AvgIpc) is 2.95. The predicted molar refractivity (Wildman–Crippen MR) is 106 cm³/mol. The molecule has 0 atom stereocenters. The van der Waals surface area contributed by atoms with Crippen LogP contribution >= 0.6 is 11.6 Å². The fourth-order valence-electron chi connectivity index (χ4n) is 3.44. The molecular formula is C21H21ClN2O3. The first kappa shape index (κ1) is 19.1. The summed E-state index contributed by atoms with van der Waals surface area (Å²) < 4.78 is 0. The van der Waals surface area contributed by atoms with Crippen molar-refractivity contribution < 1.29 is 14.4 Å². The molecule has 0 spiro atoms. The van der Waals surface area contributed by atoms with E-state index in [0.717, 1.165) is 11.1 Å². The molecule has 27 heavy (non-hydrogen) atoms. The molecule has 0 saturated heterocycles. The van der Waals surface area contributed by atoms with Crippen LogP contribution in [-0.2, 0) is 12.8 Å². The van der Waals surface area contributed by atoms with Gasteiger partial charge in [0.25, 0.3) is 17.7 Å². The Balaban J connectivity index is 2.12. The van der Waals surface area contributed by atoms with Crippen molar-refractivity contribution >= 4 is 35.0 Å². The number of aryl methyl sites for hydroxylation is 2. The summed E-state index contributed by atoms with van der Waals surface area (Å²) in [7, 11) is 0. The van der Waals surface area contributed by atoms with Gasteiger partial charge in [-0.1, -0.05) is 38.1 Å². The molecule has 3 amide bonds. The minimum absolute atomic E-state index is 0.155. The maximum absolute atomic E-state index is 13.2. The molecule has 0 fully saturated rings. The summed E-state index contributed by atoms with van der Waals surface area (Å²) in [6.07, 6.45) is 1.39. The summed E-state index contributed by atoms with van der Waals surface area (Å²) in [5, 5.41) is 2.66. The molecular weight excluding hydrogens is 364 g/mol. The second kappa shape index (κ2) is 7.92. The Hall–Kier alpha value is -2.66. The number of hydrogen-bond acceptors (Lipinski definition) is 3. The minimum atomic E-state index is -0.456. The van der Waals surface area contributed by atoms with Gasteiger partial charge in [0.05, 0.1) is 22.4 Å². The van der Waals surface area contributed by atoms with Gasteiger partial charge >= 0.3 is 0 Å². The quantitative estimate of drug-likeness (QED) is 0.611. The minimum Gasteiger partial charge on any atom is -0.351 e. The highest BCUT2D eigenvalue weighted by Gasteiger charge is 2.40. The van der Waals surface area contributed by atoms with Crippen LogP contribution in [0.25, 0.3) is 0 Å². The summed E-state index contributed by atoms with van der Waals surface area (Å²) in [5.74, 6) is -0.987. The maximum atomic E-state index is 13.2. The molecule has 0 bridgehead atoms. The molecule has 0 aliphatic carbocycles. The van der Waals surface area contributed by atoms with Gasteiger partial charge in [0.1, 0.15) is 0 Å². The third kappa shape index (κ3) is 3.23. The van der Waals surface area contributed by atoms with Crippen LogP contribution in [0.5, 0.6) is 0 Å². The number of amides is 3. The predicted octanol–water partition coefficient (Wildman–Crippen LogP) is 3.58. The fraction of sp³-hybridized carbons (Fsp3) is 0.286. The number of benzene rings is 2. The van der Waals surface area contributed by atoms with E-state index in [-0.39, 0.29) is 29.1 Å². The number of fused-ring (bicyclic) bond motifs is 1. The van der Waals surface area contributed by atoms with Crippen molar-refractivity contribution in [3.8, 4) is 0 Å². The lowest BCUT2D eigenvalue weighted by Gasteiger charge is -2.21. The number of para-hydroxylation sites is 1. The van der Waals surface area contributed by atoms with Crippen LogP contribution in [0.15, 0.2) is 36.4 Å². The highest BCUT2D eigenvalue weighted by Crippen LogP contribution is 2.35.